The van der Waals surface area contributed by atoms with Crippen molar-refractivity contribution in [3.63, 3.8) is 0 Å². The van der Waals surface area contributed by atoms with Crippen molar-refractivity contribution >= 4 is 41.0 Å². The number of aliphatic carboxylic acids is 1. The van der Waals surface area contributed by atoms with Gasteiger partial charge in [-0.15, -0.1) is 0 Å². The second-order valence-corrected chi connectivity index (χ2v) is 5.36. The van der Waals surface area contributed by atoms with Crippen LogP contribution in [-0.4, -0.2) is 29.0 Å². The molecule has 23 heavy (non-hydrogen) atoms. The second kappa shape index (κ2) is 9.22. The summed E-state index contributed by atoms with van der Waals surface area (Å²) in [6.07, 6.45) is -1.15. The van der Waals surface area contributed by atoms with Gasteiger partial charge in [-0.3, -0.25) is 25.2 Å². The molecule has 0 bridgehead atoms. The molecule has 7 nitrogen and oxygen atoms in total. The monoisotopic (exact) mass is 362 g/mol. The zero-order chi connectivity index (χ0) is 17.4. The van der Waals surface area contributed by atoms with E-state index in [0.717, 1.165) is 0 Å². The van der Waals surface area contributed by atoms with Gasteiger partial charge in [0.25, 0.3) is 5.91 Å². The number of ether oxygens (including phenoxy) is 1. The Bertz CT molecular complexity index is 595. The molecule has 1 aromatic carbocycles. The van der Waals surface area contributed by atoms with Gasteiger partial charge in [-0.25, -0.2) is 0 Å². The molecule has 0 aromatic heterocycles. The van der Waals surface area contributed by atoms with Gasteiger partial charge in [-0.05, 0) is 18.6 Å². The van der Waals surface area contributed by atoms with E-state index in [1.54, 1.807) is 13.0 Å². The largest absolute Gasteiger partial charge is 0.481 e. The van der Waals surface area contributed by atoms with Gasteiger partial charge in [0.05, 0.1) is 11.4 Å². The van der Waals surface area contributed by atoms with Gasteiger partial charge in [0, 0.05) is 17.5 Å². The summed E-state index contributed by atoms with van der Waals surface area (Å²) in [5, 5.41) is 9.17. The van der Waals surface area contributed by atoms with Crippen LogP contribution in [0.3, 0.4) is 0 Å². The fourth-order valence-electron chi connectivity index (χ4n) is 1.54. The van der Waals surface area contributed by atoms with E-state index in [1.165, 1.54) is 12.1 Å². The lowest BCUT2D eigenvalue weighted by Gasteiger charge is -2.18. The van der Waals surface area contributed by atoms with Crippen LogP contribution in [0.25, 0.3) is 0 Å². The summed E-state index contributed by atoms with van der Waals surface area (Å²) in [7, 11) is 0. The topological polar surface area (TPSA) is 105 Å². The van der Waals surface area contributed by atoms with E-state index in [4.69, 9.17) is 33.0 Å². The Morgan fingerprint density at radius 2 is 1.91 bits per heavy atom. The van der Waals surface area contributed by atoms with Crippen molar-refractivity contribution in [2.75, 3.05) is 0 Å². The molecular weight excluding hydrogens is 347 g/mol. The molecule has 3 N–H and O–H groups in total. The molecule has 126 valence electrons. The van der Waals surface area contributed by atoms with Gasteiger partial charge >= 0.3 is 5.97 Å². The lowest BCUT2D eigenvalue weighted by atomic mass is 10.2. The summed E-state index contributed by atoms with van der Waals surface area (Å²) in [5.74, 6) is -2.06. The van der Waals surface area contributed by atoms with Gasteiger partial charge in [0.15, 0.2) is 6.10 Å². The number of carbonyl (C=O) groups is 3. The minimum absolute atomic E-state index is 0.243. The highest BCUT2D eigenvalue weighted by Crippen LogP contribution is 2.28. The van der Waals surface area contributed by atoms with E-state index in [1.807, 2.05) is 0 Å². The van der Waals surface area contributed by atoms with Crippen molar-refractivity contribution in [1.82, 2.24) is 10.9 Å². The summed E-state index contributed by atoms with van der Waals surface area (Å²) in [4.78, 5) is 33.7. The SMILES string of the molecule is CC[C@@H](Oc1cc(Cl)ccc1Cl)C(=O)NNC(=O)CCC(=O)O. The van der Waals surface area contributed by atoms with E-state index in [2.05, 4.69) is 10.9 Å². The number of halogens is 2. The van der Waals surface area contributed by atoms with Gasteiger partial charge in [0.2, 0.25) is 5.91 Å². The number of carboxylic acids is 1. The van der Waals surface area contributed by atoms with Gasteiger partial charge < -0.3 is 9.84 Å². The summed E-state index contributed by atoms with van der Waals surface area (Å²) < 4.78 is 5.49. The van der Waals surface area contributed by atoms with Crippen LogP contribution in [0.15, 0.2) is 18.2 Å². The third kappa shape index (κ3) is 6.75. The number of carboxylic acid groups (broad SMARTS) is 1. The fraction of sp³-hybridized carbons (Fsp3) is 0.357. The molecule has 0 aliphatic rings. The van der Waals surface area contributed by atoms with Gasteiger partial charge in [-0.2, -0.15) is 0 Å². The Morgan fingerprint density at radius 3 is 2.52 bits per heavy atom. The van der Waals surface area contributed by atoms with Gasteiger partial charge in [-0.1, -0.05) is 30.1 Å². The summed E-state index contributed by atoms with van der Waals surface area (Å²) in [6, 6.07) is 4.60. The molecule has 0 radical (unpaired) electrons. The number of rotatable bonds is 7. The fourth-order valence-corrected chi connectivity index (χ4v) is 1.86. The van der Waals surface area contributed by atoms with Crippen LogP contribution in [0.4, 0.5) is 0 Å². The number of carbonyl (C=O) groups excluding carboxylic acids is 2. The minimum atomic E-state index is -1.10. The second-order valence-electron chi connectivity index (χ2n) is 4.52. The number of hydrogen-bond donors (Lipinski definition) is 3. The van der Waals surface area contributed by atoms with Crippen molar-refractivity contribution in [3.05, 3.63) is 28.2 Å². The first-order chi connectivity index (χ1) is 10.8. The average Bonchev–Trinajstić information content (AvgIpc) is 2.51. The maximum absolute atomic E-state index is 12.0. The van der Waals surface area contributed by atoms with E-state index >= 15 is 0 Å². The first kappa shape index (κ1) is 19.1. The lowest BCUT2D eigenvalue weighted by Crippen LogP contribution is -2.48. The minimum Gasteiger partial charge on any atom is -0.481 e. The molecule has 1 rings (SSSR count). The molecule has 0 saturated carbocycles. The molecule has 0 aliphatic heterocycles. The summed E-state index contributed by atoms with van der Waals surface area (Å²) >= 11 is 11.8. The highest BCUT2D eigenvalue weighted by Gasteiger charge is 2.20. The Morgan fingerprint density at radius 1 is 1.22 bits per heavy atom. The van der Waals surface area contributed by atoms with Crippen molar-refractivity contribution < 1.29 is 24.2 Å². The Labute approximate surface area is 142 Å². The standard InChI is InChI=1S/C14H16Cl2N2O5/c1-2-10(23-11-7-8(15)3-4-9(11)16)14(22)18-17-12(19)5-6-13(20)21/h3-4,7,10H,2,5-6H2,1H3,(H,17,19)(H,18,22)(H,20,21)/t10-/m1/s1. The zero-order valence-electron chi connectivity index (χ0n) is 12.3. The summed E-state index contributed by atoms with van der Waals surface area (Å²) in [6.45, 7) is 1.72. The van der Waals surface area contributed by atoms with E-state index < -0.39 is 23.9 Å². The smallest absolute Gasteiger partial charge is 0.303 e. The predicted molar refractivity (Wildman–Crippen MR) is 84.3 cm³/mol. The summed E-state index contributed by atoms with van der Waals surface area (Å²) in [5.41, 5.74) is 4.30. The van der Waals surface area contributed by atoms with E-state index in [-0.39, 0.29) is 18.6 Å². The first-order valence-corrected chi connectivity index (χ1v) is 7.51. The number of hydrazine groups is 1. The highest BCUT2D eigenvalue weighted by molar-refractivity contribution is 6.34. The van der Waals surface area contributed by atoms with Crippen LogP contribution in [-0.2, 0) is 14.4 Å². The van der Waals surface area contributed by atoms with Crippen LogP contribution in [0, 0.1) is 0 Å². The van der Waals surface area contributed by atoms with Crippen molar-refractivity contribution in [2.24, 2.45) is 0 Å². The normalized spacial score (nSPS) is 11.4. The molecule has 1 aromatic rings. The molecule has 2 amide bonds. The third-order valence-electron chi connectivity index (χ3n) is 2.72. The molecule has 1 atom stereocenters. The third-order valence-corrected chi connectivity index (χ3v) is 3.26. The molecule has 0 saturated heterocycles. The molecule has 0 heterocycles. The average molecular weight is 363 g/mol. The van der Waals surface area contributed by atoms with Gasteiger partial charge in [0.1, 0.15) is 5.75 Å². The van der Waals surface area contributed by atoms with Crippen molar-refractivity contribution in [3.8, 4) is 5.75 Å². The van der Waals surface area contributed by atoms with Crippen LogP contribution in [0.1, 0.15) is 26.2 Å². The quantitative estimate of drug-likeness (QED) is 0.644. The van der Waals surface area contributed by atoms with E-state index in [9.17, 15) is 14.4 Å². The number of nitrogens with one attached hydrogen (secondary N) is 2. The highest BCUT2D eigenvalue weighted by atomic mass is 35.5. The van der Waals surface area contributed by atoms with Crippen LogP contribution < -0.4 is 15.6 Å². The maximum atomic E-state index is 12.0. The Balaban J connectivity index is 2.56. The first-order valence-electron chi connectivity index (χ1n) is 6.75. The molecule has 0 unspecified atom stereocenters. The van der Waals surface area contributed by atoms with Crippen LogP contribution in [0.5, 0.6) is 5.75 Å². The maximum Gasteiger partial charge on any atom is 0.303 e. The Hall–Kier alpha value is -1.99. The molecular formula is C14H16Cl2N2O5. The zero-order valence-corrected chi connectivity index (χ0v) is 13.8. The Kier molecular flexibility index (Phi) is 7.64. The van der Waals surface area contributed by atoms with Crippen molar-refractivity contribution in [2.45, 2.75) is 32.3 Å². The predicted octanol–water partition coefficient (Wildman–Crippen LogP) is 2.16. The number of benzene rings is 1. The van der Waals surface area contributed by atoms with Crippen LogP contribution in [0.2, 0.25) is 10.0 Å². The number of hydrogen-bond acceptors (Lipinski definition) is 4. The van der Waals surface area contributed by atoms with Crippen molar-refractivity contribution in [1.29, 1.82) is 0 Å². The number of amides is 2. The van der Waals surface area contributed by atoms with E-state index in [0.29, 0.717) is 16.5 Å². The molecule has 9 heteroatoms. The molecule has 0 aliphatic carbocycles. The molecule has 0 fully saturated rings. The lowest BCUT2D eigenvalue weighted by molar-refractivity contribution is -0.139. The molecule has 0 spiro atoms. The van der Waals surface area contributed by atoms with Crippen LogP contribution >= 0.6 is 23.2 Å².